The van der Waals surface area contributed by atoms with Gasteiger partial charge in [-0.15, -0.1) is 0 Å². The van der Waals surface area contributed by atoms with E-state index in [1.165, 1.54) is 24.3 Å². The van der Waals surface area contributed by atoms with Crippen molar-refractivity contribution < 1.29 is 18.0 Å². The molecule has 0 saturated carbocycles. The van der Waals surface area contributed by atoms with Gasteiger partial charge in [-0.05, 0) is 53.1 Å². The Balaban J connectivity index is 2.25. The fourth-order valence-electron chi connectivity index (χ4n) is 3.16. The molecule has 0 heterocycles. The third-order valence-corrected chi connectivity index (χ3v) is 5.89. The van der Waals surface area contributed by atoms with E-state index in [1.54, 1.807) is 36.4 Å². The highest BCUT2D eigenvalue weighted by Gasteiger charge is 2.19. The predicted octanol–water partition coefficient (Wildman–Crippen LogP) is 2.71. The van der Waals surface area contributed by atoms with Gasteiger partial charge in [-0.3, -0.25) is 9.59 Å². The van der Waals surface area contributed by atoms with Crippen molar-refractivity contribution in [1.82, 2.24) is 0 Å². The number of halogens is 1. The van der Waals surface area contributed by atoms with Crippen molar-refractivity contribution in [2.45, 2.75) is 11.3 Å². The number of hydrogen-bond acceptors (Lipinski definition) is 5. The minimum Gasteiger partial charge on any atom is -0.366 e. The highest BCUT2D eigenvalue weighted by atomic mass is 35.5. The summed E-state index contributed by atoms with van der Waals surface area (Å²) in [5.41, 5.74) is 13.8. The molecule has 0 radical (unpaired) electrons. The molecule has 3 aromatic carbocycles. The summed E-state index contributed by atoms with van der Waals surface area (Å²) >= 11 is 5.98. The quantitative estimate of drug-likeness (QED) is 0.415. The normalized spacial score (nSPS) is 11.2. The molecule has 7 N–H and O–H groups in total. The summed E-state index contributed by atoms with van der Waals surface area (Å²) < 4.78 is 23.2. The molecule has 8 nitrogen and oxygen atoms in total. The van der Waals surface area contributed by atoms with Crippen LogP contribution in [0.1, 0.15) is 16.8 Å². The molecule has 0 aliphatic carbocycles. The van der Waals surface area contributed by atoms with Crippen LogP contribution in [0.3, 0.4) is 0 Å². The number of nitrogens with one attached hydrogen (secondary N) is 1. The van der Waals surface area contributed by atoms with Crippen molar-refractivity contribution in [3.8, 4) is 22.3 Å². The van der Waals surface area contributed by atoms with Gasteiger partial charge in [0.1, 0.15) is 0 Å². The van der Waals surface area contributed by atoms with Crippen molar-refractivity contribution >= 4 is 39.1 Å². The maximum Gasteiger partial charge on any atom is 0.250 e. The molecule has 0 unspecified atom stereocenters. The van der Waals surface area contributed by atoms with Crippen LogP contribution < -0.4 is 21.9 Å². The van der Waals surface area contributed by atoms with Crippen LogP contribution in [0, 0.1) is 0 Å². The molecule has 0 atom stereocenters. The topological polar surface area (TPSA) is 158 Å². The Morgan fingerprint density at radius 1 is 0.906 bits per heavy atom. The predicted molar refractivity (Wildman–Crippen MR) is 125 cm³/mol. The highest BCUT2D eigenvalue weighted by molar-refractivity contribution is 7.89. The highest BCUT2D eigenvalue weighted by Crippen LogP contribution is 2.37. The molecule has 3 rings (SSSR count). The van der Waals surface area contributed by atoms with E-state index in [2.05, 4.69) is 5.32 Å². The lowest BCUT2D eigenvalue weighted by atomic mass is 9.93. The smallest absolute Gasteiger partial charge is 0.250 e. The molecule has 32 heavy (non-hydrogen) atoms. The second-order valence-corrected chi connectivity index (χ2v) is 8.97. The molecule has 0 bridgehead atoms. The third kappa shape index (κ3) is 5.32. The van der Waals surface area contributed by atoms with Crippen molar-refractivity contribution in [2.24, 2.45) is 16.6 Å². The summed E-state index contributed by atoms with van der Waals surface area (Å²) in [5, 5.41) is 8.44. The van der Waals surface area contributed by atoms with Crippen molar-refractivity contribution in [1.29, 1.82) is 0 Å². The number of sulfonamides is 1. The van der Waals surface area contributed by atoms with E-state index in [1.807, 2.05) is 0 Å². The zero-order valence-electron chi connectivity index (χ0n) is 16.8. The van der Waals surface area contributed by atoms with E-state index in [-0.39, 0.29) is 29.1 Å². The van der Waals surface area contributed by atoms with Crippen LogP contribution in [0.2, 0.25) is 5.02 Å². The average molecular weight is 473 g/mol. The number of nitrogens with two attached hydrogens (primary N) is 3. The number of carbonyl (C=O) groups excluding carboxylic acids is 2. The van der Waals surface area contributed by atoms with E-state index in [9.17, 15) is 18.0 Å². The number of hydrogen-bond donors (Lipinski definition) is 4. The van der Waals surface area contributed by atoms with Gasteiger partial charge in [-0.2, -0.15) is 0 Å². The van der Waals surface area contributed by atoms with Crippen LogP contribution in [0.5, 0.6) is 0 Å². The minimum absolute atomic E-state index is 0.0426. The first-order valence-electron chi connectivity index (χ1n) is 9.47. The zero-order chi connectivity index (χ0) is 23.5. The van der Waals surface area contributed by atoms with Crippen LogP contribution in [-0.2, 0) is 14.8 Å². The first kappa shape index (κ1) is 23.4. The fraction of sp³-hybridized carbons (Fsp3) is 0.0909. The molecule has 0 fully saturated rings. The number of anilines is 1. The van der Waals surface area contributed by atoms with Gasteiger partial charge in [0.05, 0.1) is 16.1 Å². The second kappa shape index (κ2) is 9.49. The SMILES string of the molecule is NCCC(=O)Nc1c(C(N)=O)cc(-c2ccc(Cl)cc2)cc1-c1ccc(S(N)(=O)=O)cc1. The largest absolute Gasteiger partial charge is 0.366 e. The maximum atomic E-state index is 12.3. The van der Waals surface area contributed by atoms with E-state index < -0.39 is 21.8 Å². The van der Waals surface area contributed by atoms with Gasteiger partial charge < -0.3 is 16.8 Å². The maximum absolute atomic E-state index is 12.3. The summed E-state index contributed by atoms with van der Waals surface area (Å²) in [6, 6.07) is 16.1. The summed E-state index contributed by atoms with van der Waals surface area (Å²) in [4.78, 5) is 24.5. The van der Waals surface area contributed by atoms with Gasteiger partial charge >= 0.3 is 0 Å². The number of benzene rings is 3. The lowest BCUT2D eigenvalue weighted by molar-refractivity contribution is -0.116. The molecular weight excluding hydrogens is 452 g/mol. The molecular formula is C22H21ClN4O4S. The molecule has 3 aromatic rings. The van der Waals surface area contributed by atoms with Crippen LogP contribution in [-0.4, -0.2) is 26.8 Å². The van der Waals surface area contributed by atoms with Crippen LogP contribution in [0.25, 0.3) is 22.3 Å². The van der Waals surface area contributed by atoms with Gasteiger partial charge in [0.25, 0.3) is 5.91 Å². The van der Waals surface area contributed by atoms with Crippen molar-refractivity contribution in [2.75, 3.05) is 11.9 Å². The van der Waals surface area contributed by atoms with E-state index in [0.717, 1.165) is 5.56 Å². The molecule has 0 saturated heterocycles. The number of amides is 2. The Morgan fingerprint density at radius 2 is 1.50 bits per heavy atom. The number of rotatable bonds is 7. The Hall–Kier alpha value is -3.24. The first-order chi connectivity index (χ1) is 15.1. The molecule has 0 aliphatic rings. The molecule has 2 amide bonds. The lowest BCUT2D eigenvalue weighted by Crippen LogP contribution is -2.21. The summed E-state index contributed by atoms with van der Waals surface area (Å²) in [5.74, 6) is -1.14. The first-order valence-corrected chi connectivity index (χ1v) is 11.4. The molecule has 0 aliphatic heterocycles. The number of carbonyl (C=O) groups is 2. The number of primary sulfonamides is 1. The van der Waals surface area contributed by atoms with E-state index >= 15 is 0 Å². The van der Waals surface area contributed by atoms with Gasteiger partial charge in [-0.25, -0.2) is 13.6 Å². The molecule has 10 heteroatoms. The summed E-state index contributed by atoms with van der Waals surface area (Å²) in [7, 11) is -3.89. The van der Waals surface area contributed by atoms with Crippen molar-refractivity contribution in [3.63, 3.8) is 0 Å². The standard InChI is InChI=1S/C22H21ClN4O4S/c23-16-5-1-13(2-6-16)15-11-18(14-3-7-17(8-4-14)32(26,30)31)21(19(12-15)22(25)29)27-20(28)9-10-24/h1-8,11-12H,9-10,24H2,(H2,25,29)(H,27,28)(H2,26,30,31). The van der Waals surface area contributed by atoms with Gasteiger partial charge in [-0.1, -0.05) is 35.9 Å². The Morgan fingerprint density at radius 3 is 2.03 bits per heavy atom. The Bertz CT molecular complexity index is 1270. The van der Waals surface area contributed by atoms with Crippen LogP contribution in [0.4, 0.5) is 5.69 Å². The molecule has 166 valence electrons. The van der Waals surface area contributed by atoms with E-state index in [4.69, 9.17) is 28.2 Å². The van der Waals surface area contributed by atoms with Crippen molar-refractivity contribution in [3.05, 3.63) is 71.2 Å². The molecule has 0 aromatic heterocycles. The Labute approximate surface area is 190 Å². The monoisotopic (exact) mass is 472 g/mol. The van der Waals surface area contributed by atoms with E-state index in [0.29, 0.717) is 21.7 Å². The molecule has 0 spiro atoms. The van der Waals surface area contributed by atoms with Gasteiger partial charge in [0, 0.05) is 23.6 Å². The van der Waals surface area contributed by atoms with Gasteiger partial charge in [0.15, 0.2) is 0 Å². The third-order valence-electron chi connectivity index (χ3n) is 4.71. The average Bonchev–Trinajstić information content (AvgIpc) is 2.74. The number of primary amides is 1. The van der Waals surface area contributed by atoms with Crippen LogP contribution in [0.15, 0.2) is 65.6 Å². The van der Waals surface area contributed by atoms with Gasteiger partial charge in [0.2, 0.25) is 15.9 Å². The second-order valence-electron chi connectivity index (χ2n) is 6.97. The minimum atomic E-state index is -3.89. The summed E-state index contributed by atoms with van der Waals surface area (Å²) in [6.45, 7) is 0.124. The summed E-state index contributed by atoms with van der Waals surface area (Å²) in [6.07, 6.45) is 0.0426. The Kier molecular flexibility index (Phi) is 6.95. The fourth-order valence-corrected chi connectivity index (χ4v) is 3.81. The van der Waals surface area contributed by atoms with Crippen LogP contribution >= 0.6 is 11.6 Å². The zero-order valence-corrected chi connectivity index (χ0v) is 18.4. The lowest BCUT2D eigenvalue weighted by Gasteiger charge is -2.17.